The molecule has 1 rings (SSSR count). The van der Waals surface area contributed by atoms with E-state index in [2.05, 4.69) is 4.98 Å². The van der Waals surface area contributed by atoms with Crippen molar-refractivity contribution in [1.29, 1.82) is 0 Å². The zero-order valence-electron chi connectivity index (χ0n) is 10.3. The highest BCUT2D eigenvalue weighted by molar-refractivity contribution is 6.32. The summed E-state index contributed by atoms with van der Waals surface area (Å²) < 4.78 is 0. The zero-order valence-corrected chi connectivity index (χ0v) is 11.0. The number of aromatic nitrogens is 1. The molecule has 0 aliphatic heterocycles. The minimum Gasteiger partial charge on any atom is -0.481 e. The van der Waals surface area contributed by atoms with Gasteiger partial charge in [-0.3, -0.25) is 9.59 Å². The summed E-state index contributed by atoms with van der Waals surface area (Å²) in [6, 6.07) is 3.31. The topological polar surface area (TPSA) is 70.5 Å². The van der Waals surface area contributed by atoms with Gasteiger partial charge in [0.05, 0.1) is 12.1 Å². The van der Waals surface area contributed by atoms with Crippen LogP contribution in [-0.4, -0.2) is 28.5 Å². The number of carbonyl (C=O) groups is 2. The van der Waals surface area contributed by atoms with Crippen molar-refractivity contribution in [2.24, 2.45) is 5.92 Å². The molecule has 1 N–H and O–H groups in total. The molecule has 0 saturated heterocycles. The third-order valence-electron chi connectivity index (χ3n) is 2.34. The van der Waals surface area contributed by atoms with E-state index in [0.29, 0.717) is 5.69 Å². The molecular weight excluding hydrogens is 256 g/mol. The molecule has 0 fully saturated rings. The van der Waals surface area contributed by atoms with Crippen LogP contribution in [0.25, 0.3) is 0 Å². The number of nitrogens with zero attached hydrogens (tertiary/aromatic N) is 2. The molecule has 18 heavy (non-hydrogen) atoms. The third kappa shape index (κ3) is 3.70. The van der Waals surface area contributed by atoms with Gasteiger partial charge in [0.25, 0.3) is 0 Å². The third-order valence-corrected chi connectivity index (χ3v) is 2.63. The highest BCUT2D eigenvalue weighted by Gasteiger charge is 2.21. The predicted molar refractivity (Wildman–Crippen MR) is 68.7 cm³/mol. The van der Waals surface area contributed by atoms with Gasteiger partial charge in [-0.15, -0.1) is 0 Å². The molecule has 0 aliphatic carbocycles. The van der Waals surface area contributed by atoms with Crippen LogP contribution >= 0.6 is 11.6 Å². The Hall–Kier alpha value is -1.62. The number of halogens is 1. The fourth-order valence-corrected chi connectivity index (χ4v) is 1.67. The lowest BCUT2D eigenvalue weighted by atomic mass is 10.1. The van der Waals surface area contributed by atoms with Gasteiger partial charge < -0.3 is 10.0 Å². The summed E-state index contributed by atoms with van der Waals surface area (Å²) in [5.41, 5.74) is 0.444. The Morgan fingerprint density at radius 2 is 2.17 bits per heavy atom. The van der Waals surface area contributed by atoms with Crippen LogP contribution in [-0.2, 0) is 9.59 Å². The standard InChI is InChI=1S/C12H15ClN2O3/c1-8(2)12(18)15(7-5-10(16)17)9-4-3-6-14-11(9)13/h3-4,6,8H,5,7H2,1-2H3,(H,16,17). The highest BCUT2D eigenvalue weighted by atomic mass is 35.5. The average Bonchev–Trinajstić information content (AvgIpc) is 2.30. The van der Waals surface area contributed by atoms with Crippen LogP contribution in [0.5, 0.6) is 0 Å². The monoisotopic (exact) mass is 270 g/mol. The van der Waals surface area contributed by atoms with Crippen molar-refractivity contribution in [1.82, 2.24) is 4.98 Å². The molecule has 5 nitrogen and oxygen atoms in total. The van der Waals surface area contributed by atoms with Crippen LogP contribution in [0.4, 0.5) is 5.69 Å². The molecule has 0 aliphatic rings. The molecule has 0 unspecified atom stereocenters. The Bertz CT molecular complexity index is 449. The predicted octanol–water partition coefficient (Wildman–Crippen LogP) is 2.20. The second-order valence-corrected chi connectivity index (χ2v) is 4.46. The molecule has 1 aromatic rings. The van der Waals surface area contributed by atoms with E-state index < -0.39 is 5.97 Å². The number of rotatable bonds is 5. The first-order valence-electron chi connectivity index (χ1n) is 5.57. The summed E-state index contributed by atoms with van der Waals surface area (Å²) in [6.45, 7) is 3.58. The zero-order chi connectivity index (χ0) is 13.7. The molecule has 0 spiro atoms. The Kier molecular flexibility index (Phi) is 5.09. The van der Waals surface area contributed by atoms with Crippen LogP contribution in [0.2, 0.25) is 5.15 Å². The van der Waals surface area contributed by atoms with Crippen molar-refractivity contribution >= 4 is 29.2 Å². The molecule has 0 atom stereocenters. The molecular formula is C12H15ClN2O3. The van der Waals surface area contributed by atoms with Crippen LogP contribution in [0.1, 0.15) is 20.3 Å². The van der Waals surface area contributed by atoms with Gasteiger partial charge in [0, 0.05) is 18.7 Å². The van der Waals surface area contributed by atoms with Crippen molar-refractivity contribution in [3.05, 3.63) is 23.5 Å². The molecule has 0 aromatic carbocycles. The van der Waals surface area contributed by atoms with E-state index in [1.807, 2.05) is 0 Å². The van der Waals surface area contributed by atoms with E-state index in [9.17, 15) is 9.59 Å². The maximum absolute atomic E-state index is 12.1. The summed E-state index contributed by atoms with van der Waals surface area (Å²) >= 11 is 5.93. The Balaban J connectivity index is 3.00. The number of carboxylic acids is 1. The minimum atomic E-state index is -0.962. The van der Waals surface area contributed by atoms with Crippen molar-refractivity contribution in [3.63, 3.8) is 0 Å². The number of hydrogen-bond acceptors (Lipinski definition) is 3. The lowest BCUT2D eigenvalue weighted by molar-refractivity contribution is -0.136. The average molecular weight is 271 g/mol. The van der Waals surface area contributed by atoms with Gasteiger partial charge in [0.2, 0.25) is 5.91 Å². The maximum Gasteiger partial charge on any atom is 0.305 e. The van der Waals surface area contributed by atoms with E-state index in [-0.39, 0.29) is 29.9 Å². The van der Waals surface area contributed by atoms with Crippen molar-refractivity contribution in [2.45, 2.75) is 20.3 Å². The molecule has 0 radical (unpaired) electrons. The first-order chi connectivity index (χ1) is 8.43. The summed E-state index contributed by atoms with van der Waals surface area (Å²) in [5.74, 6) is -1.38. The Labute approximate surface area is 110 Å². The molecule has 0 saturated carbocycles. The highest BCUT2D eigenvalue weighted by Crippen LogP contribution is 2.24. The lowest BCUT2D eigenvalue weighted by Crippen LogP contribution is -2.36. The van der Waals surface area contributed by atoms with Gasteiger partial charge in [-0.2, -0.15) is 0 Å². The van der Waals surface area contributed by atoms with E-state index in [4.69, 9.17) is 16.7 Å². The number of anilines is 1. The number of aliphatic carboxylic acids is 1. The van der Waals surface area contributed by atoms with E-state index in [1.54, 1.807) is 26.0 Å². The number of carbonyl (C=O) groups excluding carboxylic acids is 1. The molecule has 1 heterocycles. The SMILES string of the molecule is CC(C)C(=O)N(CCC(=O)O)c1cccnc1Cl. The van der Waals surface area contributed by atoms with E-state index in [1.165, 1.54) is 11.1 Å². The van der Waals surface area contributed by atoms with Crippen LogP contribution in [0.3, 0.4) is 0 Å². The second-order valence-electron chi connectivity index (χ2n) is 4.10. The van der Waals surface area contributed by atoms with Gasteiger partial charge in [-0.05, 0) is 12.1 Å². The first-order valence-corrected chi connectivity index (χ1v) is 5.95. The molecule has 6 heteroatoms. The maximum atomic E-state index is 12.1. The van der Waals surface area contributed by atoms with Crippen molar-refractivity contribution in [2.75, 3.05) is 11.4 Å². The fraction of sp³-hybridized carbons (Fsp3) is 0.417. The quantitative estimate of drug-likeness (QED) is 0.833. The van der Waals surface area contributed by atoms with Gasteiger partial charge in [-0.1, -0.05) is 25.4 Å². The number of carboxylic acid groups (broad SMARTS) is 1. The van der Waals surface area contributed by atoms with Crippen LogP contribution in [0, 0.1) is 5.92 Å². The van der Waals surface area contributed by atoms with Crippen molar-refractivity contribution < 1.29 is 14.7 Å². The largest absolute Gasteiger partial charge is 0.481 e. The summed E-state index contributed by atoms with van der Waals surface area (Å²) in [5, 5.41) is 8.90. The number of amides is 1. The minimum absolute atomic E-state index is 0.0811. The van der Waals surface area contributed by atoms with E-state index in [0.717, 1.165) is 0 Å². The summed E-state index contributed by atoms with van der Waals surface area (Å²) in [7, 11) is 0. The fourth-order valence-electron chi connectivity index (χ4n) is 1.45. The van der Waals surface area contributed by atoms with Gasteiger partial charge in [0.15, 0.2) is 5.15 Å². The summed E-state index contributed by atoms with van der Waals surface area (Å²) in [6.07, 6.45) is 1.38. The Morgan fingerprint density at radius 1 is 1.50 bits per heavy atom. The second kappa shape index (κ2) is 6.35. The first kappa shape index (κ1) is 14.4. The number of pyridine rings is 1. The lowest BCUT2D eigenvalue weighted by Gasteiger charge is -2.24. The van der Waals surface area contributed by atoms with Crippen molar-refractivity contribution in [3.8, 4) is 0 Å². The van der Waals surface area contributed by atoms with Gasteiger partial charge in [0.1, 0.15) is 0 Å². The number of hydrogen-bond donors (Lipinski definition) is 1. The molecule has 1 aromatic heterocycles. The van der Waals surface area contributed by atoms with Crippen LogP contribution < -0.4 is 4.90 Å². The smallest absolute Gasteiger partial charge is 0.305 e. The van der Waals surface area contributed by atoms with Crippen LogP contribution in [0.15, 0.2) is 18.3 Å². The normalized spacial score (nSPS) is 10.4. The van der Waals surface area contributed by atoms with Gasteiger partial charge >= 0.3 is 5.97 Å². The summed E-state index contributed by atoms with van der Waals surface area (Å²) in [4.78, 5) is 27.9. The van der Waals surface area contributed by atoms with Gasteiger partial charge in [-0.25, -0.2) is 4.98 Å². The Morgan fingerprint density at radius 3 is 2.67 bits per heavy atom. The molecule has 98 valence electrons. The molecule has 0 bridgehead atoms. The van der Waals surface area contributed by atoms with E-state index >= 15 is 0 Å². The molecule has 1 amide bonds.